The Hall–Kier alpha value is -2.88. The Bertz CT molecular complexity index is 890. The average molecular weight is 630 g/mol. The number of ether oxygens (including phenoxy) is 2. The number of alkyl halides is 4. The number of nitrogens with zero attached hydrogens (tertiary/aromatic N) is 1. The van der Waals surface area contributed by atoms with E-state index in [0.717, 1.165) is 25.7 Å². The Kier molecular flexibility index (Phi) is 21.4. The summed E-state index contributed by atoms with van der Waals surface area (Å²) in [4.78, 5) is 45.5. The van der Waals surface area contributed by atoms with Crippen LogP contribution in [0.2, 0.25) is 6.04 Å². The number of rotatable bonds is 11. The molecule has 2 amide bonds. The van der Waals surface area contributed by atoms with Gasteiger partial charge in [0.15, 0.2) is 6.61 Å². The molecule has 0 aromatic rings. The monoisotopic (exact) mass is 629 g/mol. The lowest BCUT2D eigenvalue weighted by Gasteiger charge is -2.29. The topological polar surface area (TPSA) is 118 Å². The molecule has 0 aromatic heterocycles. The van der Waals surface area contributed by atoms with Crippen molar-refractivity contribution in [3.63, 3.8) is 0 Å². The second kappa shape index (κ2) is 21.8. The van der Waals surface area contributed by atoms with Gasteiger partial charge in [0.1, 0.15) is 0 Å². The van der Waals surface area contributed by atoms with Crippen molar-refractivity contribution in [2.24, 2.45) is 0 Å². The van der Waals surface area contributed by atoms with Gasteiger partial charge in [0.2, 0.25) is 0 Å². The molecule has 1 aliphatic heterocycles. The second-order valence-corrected chi connectivity index (χ2v) is 12.0. The van der Waals surface area contributed by atoms with Crippen LogP contribution in [0.4, 0.5) is 17.6 Å². The molecular weight excluding hydrogens is 586 g/mol. The van der Waals surface area contributed by atoms with Crippen molar-refractivity contribution in [1.82, 2.24) is 4.90 Å². The first-order valence-electron chi connectivity index (χ1n) is 12.9. The maximum absolute atomic E-state index is 11.4. The molecule has 2 rings (SSSR count). The molecule has 0 N–H and O–H groups in total. The zero-order valence-electron chi connectivity index (χ0n) is 25.1. The maximum Gasteiger partial charge on any atom is 0.500 e. The van der Waals surface area contributed by atoms with Crippen LogP contribution in [0.3, 0.4) is 0 Å². The summed E-state index contributed by atoms with van der Waals surface area (Å²) in [5, 5.41) is 0. The highest BCUT2D eigenvalue weighted by atomic mass is 28.4. The summed E-state index contributed by atoms with van der Waals surface area (Å²) in [7, 11) is 2.63. The summed E-state index contributed by atoms with van der Waals surface area (Å²) in [5.41, 5.74) is 0.350. The molecule has 1 saturated carbocycles. The summed E-state index contributed by atoms with van der Waals surface area (Å²) in [6.45, 7) is 8.25. The number of imide groups is 1. The molecule has 0 bridgehead atoms. The van der Waals surface area contributed by atoms with Gasteiger partial charge >= 0.3 is 26.9 Å². The van der Waals surface area contributed by atoms with E-state index in [1.54, 1.807) is 28.3 Å². The molecule has 0 unspecified atom stereocenters. The molecule has 42 heavy (non-hydrogen) atoms. The minimum atomic E-state index is -4.47. The average Bonchev–Trinajstić information content (AvgIpc) is 3.31. The fraction of sp³-hybridized carbons (Fsp3) is 0.630. The minimum absolute atomic E-state index is 0.0470. The Morgan fingerprint density at radius 3 is 1.69 bits per heavy atom. The van der Waals surface area contributed by atoms with Crippen molar-refractivity contribution in [2.45, 2.75) is 70.6 Å². The van der Waals surface area contributed by atoms with Gasteiger partial charge in [-0.3, -0.25) is 18.9 Å². The van der Waals surface area contributed by atoms with E-state index in [-0.39, 0.29) is 29.4 Å². The van der Waals surface area contributed by atoms with E-state index in [9.17, 15) is 36.7 Å². The quantitative estimate of drug-likeness (QED) is 0.0788. The van der Waals surface area contributed by atoms with Crippen LogP contribution in [-0.4, -0.2) is 91.4 Å². The molecule has 1 heterocycles. The Morgan fingerprint density at radius 1 is 0.881 bits per heavy atom. The maximum atomic E-state index is 11.4. The second-order valence-electron chi connectivity index (χ2n) is 8.96. The first kappa shape index (κ1) is 41.3. The van der Waals surface area contributed by atoms with Gasteiger partial charge in [-0.1, -0.05) is 32.4 Å². The van der Waals surface area contributed by atoms with Crippen molar-refractivity contribution >= 4 is 32.6 Å². The van der Waals surface area contributed by atoms with Gasteiger partial charge in [0.05, 0.1) is 13.8 Å². The smallest absolute Gasteiger partial charge is 0.462 e. The summed E-state index contributed by atoms with van der Waals surface area (Å²) in [5.74, 6) is -1.66. The molecule has 0 spiro atoms. The molecule has 0 aromatic carbocycles. The van der Waals surface area contributed by atoms with E-state index in [2.05, 4.69) is 17.9 Å². The SMILES string of the molecule is C=C(C)C(=O)OCC(F)(F)F.C=C(C)C(=O)OCCC[Si](OC)(OC)OC.CF.O=C1C=CC(=O)N1C1CCCCC1. The third-order valence-corrected chi connectivity index (χ3v) is 8.47. The summed E-state index contributed by atoms with van der Waals surface area (Å²) in [6.07, 6.45) is 4.40. The van der Waals surface area contributed by atoms with Crippen LogP contribution in [-0.2, 0) is 41.9 Å². The van der Waals surface area contributed by atoms with Gasteiger partial charge in [0.25, 0.3) is 11.8 Å². The van der Waals surface area contributed by atoms with Crippen LogP contribution >= 0.6 is 0 Å². The van der Waals surface area contributed by atoms with Crippen LogP contribution in [0.25, 0.3) is 0 Å². The lowest BCUT2D eigenvalue weighted by atomic mass is 9.94. The van der Waals surface area contributed by atoms with Gasteiger partial charge < -0.3 is 22.8 Å². The summed E-state index contributed by atoms with van der Waals surface area (Å²) in [6, 6.07) is 0.781. The lowest BCUT2D eigenvalue weighted by molar-refractivity contribution is -0.183. The van der Waals surface area contributed by atoms with Crippen molar-refractivity contribution in [2.75, 3.05) is 41.7 Å². The van der Waals surface area contributed by atoms with Crippen molar-refractivity contribution < 1.29 is 59.5 Å². The number of halogens is 4. The van der Waals surface area contributed by atoms with Crippen molar-refractivity contribution in [3.05, 3.63) is 36.5 Å². The third-order valence-electron chi connectivity index (χ3n) is 5.64. The normalized spacial score (nSPS) is 14.9. The summed E-state index contributed by atoms with van der Waals surface area (Å²) >= 11 is 0. The molecular formula is C27H43F4NO9Si. The van der Waals surface area contributed by atoms with Crippen molar-refractivity contribution in [3.8, 4) is 0 Å². The third kappa shape index (κ3) is 17.2. The van der Waals surface area contributed by atoms with Gasteiger partial charge in [-0.2, -0.15) is 13.2 Å². The number of hydrogen-bond donors (Lipinski definition) is 0. The van der Waals surface area contributed by atoms with Gasteiger partial charge in [0, 0.05) is 56.7 Å². The fourth-order valence-electron chi connectivity index (χ4n) is 3.51. The first-order chi connectivity index (χ1) is 19.6. The van der Waals surface area contributed by atoms with Crippen LogP contribution in [0.15, 0.2) is 36.5 Å². The molecule has 0 radical (unpaired) electrons. The van der Waals surface area contributed by atoms with Gasteiger partial charge in [-0.05, 0) is 33.1 Å². The number of carbonyl (C=O) groups excluding carboxylic acids is 4. The van der Waals surface area contributed by atoms with E-state index in [4.69, 9.17) is 18.0 Å². The summed E-state index contributed by atoms with van der Waals surface area (Å²) < 4.78 is 68.1. The molecule has 1 fully saturated rings. The highest BCUT2D eigenvalue weighted by Gasteiger charge is 2.37. The van der Waals surface area contributed by atoms with E-state index < -0.39 is 27.6 Å². The predicted octanol–water partition coefficient (Wildman–Crippen LogP) is 4.87. The van der Waals surface area contributed by atoms with Crippen LogP contribution in [0, 0.1) is 0 Å². The van der Waals surface area contributed by atoms with Crippen LogP contribution in [0.5, 0.6) is 0 Å². The number of amides is 2. The molecule has 10 nitrogen and oxygen atoms in total. The minimum Gasteiger partial charge on any atom is -0.462 e. The largest absolute Gasteiger partial charge is 0.500 e. The number of esters is 2. The molecule has 0 atom stereocenters. The van der Waals surface area contributed by atoms with Gasteiger partial charge in [-0.15, -0.1) is 0 Å². The van der Waals surface area contributed by atoms with E-state index in [1.807, 2.05) is 0 Å². The molecule has 242 valence electrons. The van der Waals surface area contributed by atoms with E-state index in [1.165, 1.54) is 30.4 Å². The molecule has 2 aliphatic rings. The molecule has 15 heteroatoms. The van der Waals surface area contributed by atoms with Gasteiger partial charge in [-0.25, -0.2) is 9.59 Å². The fourth-order valence-corrected chi connectivity index (χ4v) is 5.20. The number of hydrogen-bond acceptors (Lipinski definition) is 9. The molecule has 0 saturated heterocycles. The number of carbonyl (C=O) groups is 4. The highest BCUT2D eigenvalue weighted by Crippen LogP contribution is 2.24. The Labute approximate surface area is 246 Å². The highest BCUT2D eigenvalue weighted by molar-refractivity contribution is 6.60. The van der Waals surface area contributed by atoms with Crippen molar-refractivity contribution in [1.29, 1.82) is 0 Å². The standard InChI is InChI=1S/C10H13NO2.C10H20O5Si.C6H7F3O2.CH3F/c12-9-6-7-10(13)11(9)8-4-2-1-3-5-8;1-9(2)10(11)15-7-6-8-16(12-3,13-4)14-5;1-4(2)5(10)11-3-6(7,8)9;1-2/h6-8H,1-5H2;1,6-8H2,2-5H3;1,3H2,2H3;1H3. The van der Waals surface area contributed by atoms with E-state index in [0.29, 0.717) is 31.8 Å². The first-order valence-corrected chi connectivity index (χ1v) is 14.9. The zero-order valence-corrected chi connectivity index (χ0v) is 26.1. The van der Waals surface area contributed by atoms with Crippen LogP contribution < -0.4 is 0 Å². The Balaban J connectivity index is 0. The Morgan fingerprint density at radius 2 is 1.31 bits per heavy atom. The lowest BCUT2D eigenvalue weighted by Crippen LogP contribution is -2.42. The van der Waals surface area contributed by atoms with E-state index >= 15 is 0 Å². The predicted molar refractivity (Wildman–Crippen MR) is 149 cm³/mol. The van der Waals surface area contributed by atoms with Crippen LogP contribution in [0.1, 0.15) is 52.4 Å². The molecule has 1 aliphatic carbocycles. The zero-order chi connectivity index (χ0) is 32.9.